The average molecular weight is 464 g/mol. The third kappa shape index (κ3) is 6.62. The lowest BCUT2D eigenvalue weighted by molar-refractivity contribution is 0.0953. The topological polar surface area (TPSA) is 83.6 Å². The van der Waals surface area contributed by atoms with Crippen molar-refractivity contribution in [1.82, 2.24) is 25.3 Å². The molecule has 172 valence electrons. The van der Waals surface area contributed by atoms with Crippen molar-refractivity contribution in [3.05, 3.63) is 77.0 Å². The normalized spacial score (nSPS) is 10.5. The van der Waals surface area contributed by atoms with Gasteiger partial charge in [0.05, 0.1) is 11.2 Å². The molecule has 0 atom stereocenters. The fourth-order valence-corrected chi connectivity index (χ4v) is 3.45. The van der Waals surface area contributed by atoms with Gasteiger partial charge in [-0.1, -0.05) is 44.9 Å². The van der Waals surface area contributed by atoms with Crippen LogP contribution in [0.2, 0.25) is 5.02 Å². The Bertz CT molecular complexity index is 1170. The van der Waals surface area contributed by atoms with Crippen molar-refractivity contribution < 1.29 is 4.79 Å². The molecule has 0 unspecified atom stereocenters. The van der Waals surface area contributed by atoms with Crippen LogP contribution in [0, 0.1) is 0 Å². The molecule has 0 radical (unpaired) electrons. The van der Waals surface area contributed by atoms with E-state index in [4.69, 9.17) is 21.6 Å². The number of aryl methyl sites for hydroxylation is 2. The summed E-state index contributed by atoms with van der Waals surface area (Å²) in [5, 5.41) is 4.60. The SMILES string of the molecule is CCC.CCc1nc(-c2ccc(Cl)cc2)nc2cc(C(=O)NCCCc3ncc[nH]3)ccc12. The first-order valence-corrected chi connectivity index (χ1v) is 11.8. The second-order valence-electron chi connectivity index (χ2n) is 7.69. The number of aromatic amines is 1. The Labute approximate surface area is 199 Å². The smallest absolute Gasteiger partial charge is 0.251 e. The zero-order valence-electron chi connectivity index (χ0n) is 19.4. The Balaban J connectivity index is 0.000000968. The third-order valence-electron chi connectivity index (χ3n) is 4.91. The number of imidazole rings is 1. The van der Waals surface area contributed by atoms with Crippen LogP contribution in [0.4, 0.5) is 0 Å². The molecular formula is C26H30ClN5O. The molecule has 2 aromatic carbocycles. The lowest BCUT2D eigenvalue weighted by atomic mass is 10.1. The van der Waals surface area contributed by atoms with Crippen LogP contribution in [-0.4, -0.2) is 32.4 Å². The van der Waals surface area contributed by atoms with E-state index in [0.717, 1.165) is 47.2 Å². The number of nitrogens with one attached hydrogen (secondary N) is 2. The van der Waals surface area contributed by atoms with Crippen molar-refractivity contribution in [2.75, 3.05) is 6.54 Å². The van der Waals surface area contributed by atoms with Gasteiger partial charge in [-0.15, -0.1) is 0 Å². The Kier molecular flexibility index (Phi) is 8.95. The number of halogens is 1. The van der Waals surface area contributed by atoms with Gasteiger partial charge in [0.1, 0.15) is 5.82 Å². The average Bonchev–Trinajstić information content (AvgIpc) is 3.35. The van der Waals surface area contributed by atoms with Crippen molar-refractivity contribution >= 4 is 28.4 Å². The van der Waals surface area contributed by atoms with Crippen molar-refractivity contribution in [2.24, 2.45) is 0 Å². The van der Waals surface area contributed by atoms with Crippen molar-refractivity contribution in [3.8, 4) is 11.4 Å². The Morgan fingerprint density at radius 1 is 1.06 bits per heavy atom. The molecule has 0 saturated heterocycles. The van der Waals surface area contributed by atoms with Gasteiger partial charge in [0.2, 0.25) is 0 Å². The van der Waals surface area contributed by atoms with E-state index >= 15 is 0 Å². The molecular weight excluding hydrogens is 434 g/mol. The van der Waals surface area contributed by atoms with E-state index in [0.29, 0.717) is 23.0 Å². The molecule has 4 aromatic rings. The summed E-state index contributed by atoms with van der Waals surface area (Å²) in [6, 6.07) is 13.0. The number of carbonyl (C=O) groups is 1. The summed E-state index contributed by atoms with van der Waals surface area (Å²) >= 11 is 6.00. The number of H-pyrrole nitrogens is 1. The highest BCUT2D eigenvalue weighted by molar-refractivity contribution is 6.30. The van der Waals surface area contributed by atoms with E-state index in [2.05, 4.69) is 36.1 Å². The van der Waals surface area contributed by atoms with Gasteiger partial charge in [0.15, 0.2) is 5.82 Å². The van der Waals surface area contributed by atoms with E-state index in [1.807, 2.05) is 42.5 Å². The van der Waals surface area contributed by atoms with Gasteiger partial charge >= 0.3 is 0 Å². The number of amides is 1. The van der Waals surface area contributed by atoms with Gasteiger partial charge in [0.25, 0.3) is 5.91 Å². The number of benzene rings is 2. The van der Waals surface area contributed by atoms with Crippen LogP contribution < -0.4 is 5.32 Å². The second-order valence-corrected chi connectivity index (χ2v) is 8.13. The molecule has 2 aromatic heterocycles. The van der Waals surface area contributed by atoms with Gasteiger partial charge in [-0.25, -0.2) is 15.0 Å². The maximum atomic E-state index is 12.6. The molecule has 1 amide bonds. The molecule has 0 fully saturated rings. The molecule has 6 nitrogen and oxygen atoms in total. The minimum absolute atomic E-state index is 0.110. The van der Waals surface area contributed by atoms with E-state index in [1.54, 1.807) is 12.4 Å². The van der Waals surface area contributed by atoms with Gasteiger partial charge in [0, 0.05) is 46.9 Å². The van der Waals surface area contributed by atoms with Crippen LogP contribution in [0.25, 0.3) is 22.3 Å². The molecule has 0 spiro atoms. The van der Waals surface area contributed by atoms with Gasteiger partial charge in [-0.2, -0.15) is 0 Å². The molecule has 0 aliphatic carbocycles. The summed E-state index contributed by atoms with van der Waals surface area (Å²) in [4.78, 5) is 29.3. The zero-order chi connectivity index (χ0) is 23.6. The fraction of sp³-hybridized carbons (Fsp3) is 0.308. The monoisotopic (exact) mass is 463 g/mol. The van der Waals surface area contributed by atoms with E-state index in [-0.39, 0.29) is 5.91 Å². The lowest BCUT2D eigenvalue weighted by Gasteiger charge is -2.10. The molecule has 33 heavy (non-hydrogen) atoms. The Morgan fingerprint density at radius 2 is 1.82 bits per heavy atom. The highest BCUT2D eigenvalue weighted by Gasteiger charge is 2.12. The molecule has 0 saturated carbocycles. The summed E-state index contributed by atoms with van der Waals surface area (Å²) < 4.78 is 0. The second kappa shape index (κ2) is 12.1. The molecule has 0 aliphatic heterocycles. The van der Waals surface area contributed by atoms with Crippen LogP contribution in [-0.2, 0) is 12.8 Å². The Hall–Kier alpha value is -3.25. The quantitative estimate of drug-likeness (QED) is 0.328. The lowest BCUT2D eigenvalue weighted by Crippen LogP contribution is -2.24. The molecule has 7 heteroatoms. The van der Waals surface area contributed by atoms with Crippen molar-refractivity contribution in [2.45, 2.75) is 46.5 Å². The summed E-state index contributed by atoms with van der Waals surface area (Å²) in [5.41, 5.74) is 3.19. The molecule has 0 bridgehead atoms. The summed E-state index contributed by atoms with van der Waals surface area (Å²) in [6.07, 6.45) is 7.16. The Morgan fingerprint density at radius 3 is 2.48 bits per heavy atom. The van der Waals surface area contributed by atoms with Crippen molar-refractivity contribution in [1.29, 1.82) is 0 Å². The van der Waals surface area contributed by atoms with E-state index < -0.39 is 0 Å². The molecule has 2 N–H and O–H groups in total. The van der Waals surface area contributed by atoms with Gasteiger partial charge in [-0.05, 0) is 49.2 Å². The predicted molar refractivity (Wildman–Crippen MR) is 135 cm³/mol. The highest BCUT2D eigenvalue weighted by Crippen LogP contribution is 2.24. The van der Waals surface area contributed by atoms with Crippen LogP contribution in [0.3, 0.4) is 0 Å². The third-order valence-corrected chi connectivity index (χ3v) is 5.16. The van der Waals surface area contributed by atoms with Gasteiger partial charge in [-0.3, -0.25) is 4.79 Å². The zero-order valence-corrected chi connectivity index (χ0v) is 20.1. The molecule has 4 rings (SSSR count). The maximum Gasteiger partial charge on any atom is 0.251 e. The minimum Gasteiger partial charge on any atom is -0.352 e. The van der Waals surface area contributed by atoms with E-state index in [9.17, 15) is 4.79 Å². The summed E-state index contributed by atoms with van der Waals surface area (Å²) in [6.45, 7) is 6.89. The van der Waals surface area contributed by atoms with E-state index in [1.165, 1.54) is 6.42 Å². The van der Waals surface area contributed by atoms with Gasteiger partial charge < -0.3 is 10.3 Å². The highest BCUT2D eigenvalue weighted by atomic mass is 35.5. The number of rotatable bonds is 7. The maximum absolute atomic E-state index is 12.6. The first-order valence-electron chi connectivity index (χ1n) is 11.4. The number of hydrogen-bond acceptors (Lipinski definition) is 4. The standard InChI is InChI=1S/C23H22ClN5O.C3H8/c1-2-19-18-10-7-16(23(30)27-11-3-4-21-25-12-13-26-21)14-20(18)29-22(28-19)15-5-8-17(24)9-6-15;1-3-2/h5-10,12-14H,2-4,11H2,1H3,(H,25,26)(H,27,30);3H2,1-2H3. The van der Waals surface area contributed by atoms with Crippen LogP contribution in [0.1, 0.15) is 55.5 Å². The molecule has 2 heterocycles. The molecule has 0 aliphatic rings. The first-order chi connectivity index (χ1) is 16.0. The van der Waals surface area contributed by atoms with Crippen LogP contribution >= 0.6 is 11.6 Å². The van der Waals surface area contributed by atoms with Crippen molar-refractivity contribution in [3.63, 3.8) is 0 Å². The first kappa shape index (κ1) is 24.4. The number of carbonyl (C=O) groups excluding carboxylic acids is 1. The summed E-state index contributed by atoms with van der Waals surface area (Å²) in [7, 11) is 0. The largest absolute Gasteiger partial charge is 0.352 e. The number of hydrogen-bond donors (Lipinski definition) is 2. The fourth-order valence-electron chi connectivity index (χ4n) is 3.33. The summed E-state index contributed by atoms with van der Waals surface area (Å²) in [5.74, 6) is 1.45. The number of aromatic nitrogens is 4. The number of nitrogens with zero attached hydrogens (tertiary/aromatic N) is 3. The number of fused-ring (bicyclic) bond motifs is 1. The minimum atomic E-state index is -0.110. The predicted octanol–water partition coefficient (Wildman–Crippen LogP) is 6.01. The van der Waals surface area contributed by atoms with Crippen LogP contribution in [0.5, 0.6) is 0 Å². The van der Waals surface area contributed by atoms with Crippen LogP contribution in [0.15, 0.2) is 54.9 Å².